The molecule has 0 radical (unpaired) electrons. The maximum atomic E-state index is 12.9. The first-order chi connectivity index (χ1) is 16.8. The van der Waals surface area contributed by atoms with Crippen molar-refractivity contribution >= 4 is 23.3 Å². The van der Waals surface area contributed by atoms with Crippen LogP contribution in [-0.2, 0) is 16.1 Å². The van der Waals surface area contributed by atoms with Gasteiger partial charge in [-0.15, -0.1) is 0 Å². The molecule has 1 unspecified atom stereocenters. The van der Waals surface area contributed by atoms with Gasteiger partial charge in [-0.25, -0.2) is 0 Å². The number of anilines is 1. The Morgan fingerprint density at radius 2 is 1.94 bits per heavy atom. The number of Topliss-reactive ketones (excluding diaryl/α,β-unsaturated/α-hetero) is 1. The first-order valence-corrected chi connectivity index (χ1v) is 11.3. The van der Waals surface area contributed by atoms with E-state index >= 15 is 0 Å². The zero-order chi connectivity index (χ0) is 24.9. The van der Waals surface area contributed by atoms with Crippen molar-refractivity contribution in [1.82, 2.24) is 10.3 Å². The molecular formula is C27H27N3O5. The lowest BCUT2D eigenvalue weighted by Crippen LogP contribution is -2.51. The summed E-state index contributed by atoms with van der Waals surface area (Å²) in [5, 5.41) is 2.81. The highest BCUT2D eigenvalue weighted by Crippen LogP contribution is 2.34. The van der Waals surface area contributed by atoms with Crippen LogP contribution < -0.4 is 19.7 Å². The Kier molecular flexibility index (Phi) is 7.10. The third kappa shape index (κ3) is 5.48. The Bertz CT molecular complexity index is 1260. The Morgan fingerprint density at radius 3 is 2.69 bits per heavy atom. The van der Waals surface area contributed by atoms with Gasteiger partial charge in [0.25, 0.3) is 5.91 Å². The SMILES string of the molecule is Cc1ccc(OCC(=O)c2ccc3c(c2)N(C(C)C(=O)NCc2ccccn2)C(=O)CO3)cc1C. The number of aryl methyl sites for hydroxylation is 2. The largest absolute Gasteiger partial charge is 0.485 e. The topological polar surface area (TPSA) is 97.8 Å². The van der Waals surface area contributed by atoms with Gasteiger partial charge in [0.15, 0.2) is 19.0 Å². The molecule has 1 aromatic heterocycles. The van der Waals surface area contributed by atoms with Crippen LogP contribution in [0.5, 0.6) is 11.5 Å². The first kappa shape index (κ1) is 23.9. The van der Waals surface area contributed by atoms with Crippen molar-refractivity contribution in [3.05, 3.63) is 83.2 Å². The van der Waals surface area contributed by atoms with E-state index in [-0.39, 0.29) is 37.4 Å². The molecule has 8 heteroatoms. The fraction of sp³-hybridized carbons (Fsp3) is 0.259. The summed E-state index contributed by atoms with van der Waals surface area (Å²) in [7, 11) is 0. The predicted octanol–water partition coefficient (Wildman–Crippen LogP) is 3.39. The highest BCUT2D eigenvalue weighted by atomic mass is 16.5. The van der Waals surface area contributed by atoms with Crippen molar-refractivity contribution in [3.63, 3.8) is 0 Å². The second-order valence-electron chi connectivity index (χ2n) is 8.41. The summed E-state index contributed by atoms with van der Waals surface area (Å²) in [6.45, 7) is 5.52. The molecule has 0 bridgehead atoms. The minimum atomic E-state index is -0.814. The molecular weight excluding hydrogens is 446 g/mol. The van der Waals surface area contributed by atoms with Gasteiger partial charge < -0.3 is 14.8 Å². The number of ether oxygens (including phenoxy) is 2. The van der Waals surface area contributed by atoms with Crippen LogP contribution in [0, 0.1) is 13.8 Å². The fourth-order valence-corrected chi connectivity index (χ4v) is 3.75. The van der Waals surface area contributed by atoms with Crippen LogP contribution in [0.15, 0.2) is 60.8 Å². The lowest BCUT2D eigenvalue weighted by Gasteiger charge is -2.33. The molecule has 35 heavy (non-hydrogen) atoms. The number of amides is 2. The van der Waals surface area contributed by atoms with E-state index in [1.165, 1.54) is 4.90 Å². The normalized spacial score (nSPS) is 13.5. The van der Waals surface area contributed by atoms with Crippen molar-refractivity contribution in [2.75, 3.05) is 18.1 Å². The van der Waals surface area contributed by atoms with E-state index in [4.69, 9.17) is 9.47 Å². The molecule has 0 aliphatic carbocycles. The molecule has 1 aliphatic heterocycles. The van der Waals surface area contributed by atoms with Crippen molar-refractivity contribution in [3.8, 4) is 11.5 Å². The maximum Gasteiger partial charge on any atom is 0.265 e. The van der Waals surface area contributed by atoms with E-state index in [2.05, 4.69) is 10.3 Å². The van der Waals surface area contributed by atoms with Gasteiger partial charge in [-0.2, -0.15) is 0 Å². The summed E-state index contributed by atoms with van der Waals surface area (Å²) in [5.41, 5.74) is 3.65. The standard InChI is InChI=1S/C27H27N3O5/c1-17-7-9-22(12-18(17)2)34-15-24(31)20-8-10-25-23(13-20)30(26(32)16-35-25)19(3)27(33)29-14-21-6-4-5-11-28-21/h4-13,19H,14-16H2,1-3H3,(H,29,33). The van der Waals surface area contributed by atoms with Crippen molar-refractivity contribution < 1.29 is 23.9 Å². The monoisotopic (exact) mass is 473 g/mol. The van der Waals surface area contributed by atoms with E-state index in [1.807, 2.05) is 38.1 Å². The lowest BCUT2D eigenvalue weighted by molar-refractivity contribution is -0.127. The second kappa shape index (κ2) is 10.4. The van der Waals surface area contributed by atoms with Crippen LogP contribution in [0.1, 0.15) is 34.1 Å². The summed E-state index contributed by atoms with van der Waals surface area (Å²) < 4.78 is 11.2. The maximum absolute atomic E-state index is 12.9. The number of aromatic nitrogens is 1. The number of nitrogens with zero attached hydrogens (tertiary/aromatic N) is 2. The summed E-state index contributed by atoms with van der Waals surface area (Å²) in [6, 6.07) is 15.1. The molecule has 2 amide bonds. The Morgan fingerprint density at radius 1 is 1.11 bits per heavy atom. The fourth-order valence-electron chi connectivity index (χ4n) is 3.75. The average Bonchev–Trinajstić information content (AvgIpc) is 2.87. The number of pyridine rings is 1. The van der Waals surface area contributed by atoms with Crippen LogP contribution in [0.25, 0.3) is 0 Å². The molecule has 180 valence electrons. The van der Waals surface area contributed by atoms with Gasteiger partial charge in [0.1, 0.15) is 17.5 Å². The van der Waals surface area contributed by atoms with Crippen LogP contribution >= 0.6 is 0 Å². The van der Waals surface area contributed by atoms with Crippen molar-refractivity contribution in [2.45, 2.75) is 33.4 Å². The molecule has 1 aliphatic rings. The molecule has 3 aromatic rings. The molecule has 1 N–H and O–H groups in total. The highest BCUT2D eigenvalue weighted by molar-refractivity contribution is 6.05. The number of carbonyl (C=O) groups is 3. The van der Waals surface area contributed by atoms with Gasteiger partial charge >= 0.3 is 0 Å². The van der Waals surface area contributed by atoms with E-state index in [9.17, 15) is 14.4 Å². The van der Waals surface area contributed by atoms with E-state index in [0.717, 1.165) is 11.1 Å². The number of nitrogens with one attached hydrogen (secondary N) is 1. The van der Waals surface area contributed by atoms with E-state index in [0.29, 0.717) is 28.4 Å². The molecule has 0 saturated carbocycles. The van der Waals surface area contributed by atoms with Crippen molar-refractivity contribution in [1.29, 1.82) is 0 Å². The molecule has 4 rings (SSSR count). The molecule has 2 heterocycles. The lowest BCUT2D eigenvalue weighted by atomic mass is 10.1. The number of fused-ring (bicyclic) bond motifs is 1. The number of hydrogen-bond donors (Lipinski definition) is 1. The van der Waals surface area contributed by atoms with E-state index in [1.54, 1.807) is 43.5 Å². The molecule has 0 spiro atoms. The minimum absolute atomic E-state index is 0.157. The van der Waals surface area contributed by atoms with Gasteiger partial charge in [-0.05, 0) is 74.4 Å². The zero-order valence-electron chi connectivity index (χ0n) is 19.9. The van der Waals surface area contributed by atoms with Crippen LogP contribution in [0.3, 0.4) is 0 Å². The molecule has 0 fully saturated rings. The van der Waals surface area contributed by atoms with Crippen molar-refractivity contribution in [2.24, 2.45) is 0 Å². The van der Waals surface area contributed by atoms with Gasteiger partial charge in [0, 0.05) is 11.8 Å². The average molecular weight is 474 g/mol. The quantitative estimate of drug-likeness (QED) is 0.504. The molecule has 0 saturated heterocycles. The van der Waals surface area contributed by atoms with Crippen LogP contribution in [-0.4, -0.2) is 41.8 Å². The molecule has 2 aromatic carbocycles. The van der Waals surface area contributed by atoms with Gasteiger partial charge in [0.05, 0.1) is 17.9 Å². The Balaban J connectivity index is 1.48. The van der Waals surface area contributed by atoms with Gasteiger partial charge in [0.2, 0.25) is 5.91 Å². The highest BCUT2D eigenvalue weighted by Gasteiger charge is 2.33. The Hall–Kier alpha value is -4.20. The Labute approximate surface area is 203 Å². The number of benzene rings is 2. The predicted molar refractivity (Wildman–Crippen MR) is 131 cm³/mol. The molecule has 1 atom stereocenters. The number of carbonyl (C=O) groups excluding carboxylic acids is 3. The van der Waals surface area contributed by atoms with Crippen LogP contribution in [0.2, 0.25) is 0 Å². The third-order valence-electron chi connectivity index (χ3n) is 5.95. The summed E-state index contributed by atoms with van der Waals surface area (Å²) in [6.07, 6.45) is 1.65. The van der Waals surface area contributed by atoms with Gasteiger partial charge in [-0.1, -0.05) is 12.1 Å². The minimum Gasteiger partial charge on any atom is -0.485 e. The van der Waals surface area contributed by atoms with E-state index < -0.39 is 6.04 Å². The van der Waals surface area contributed by atoms with Gasteiger partial charge in [-0.3, -0.25) is 24.3 Å². The smallest absolute Gasteiger partial charge is 0.265 e. The third-order valence-corrected chi connectivity index (χ3v) is 5.95. The number of rotatable bonds is 8. The number of hydrogen-bond acceptors (Lipinski definition) is 6. The summed E-state index contributed by atoms with van der Waals surface area (Å²) in [4.78, 5) is 44.0. The summed E-state index contributed by atoms with van der Waals surface area (Å²) >= 11 is 0. The van der Waals surface area contributed by atoms with Crippen LogP contribution in [0.4, 0.5) is 5.69 Å². The first-order valence-electron chi connectivity index (χ1n) is 11.3. The summed E-state index contributed by atoms with van der Waals surface area (Å²) in [5.74, 6) is 0.0789. The molecule has 8 nitrogen and oxygen atoms in total. The zero-order valence-corrected chi connectivity index (χ0v) is 19.9. The number of ketones is 1. The second-order valence-corrected chi connectivity index (χ2v) is 8.41.